The van der Waals surface area contributed by atoms with Gasteiger partial charge in [-0.2, -0.15) is 0 Å². The molecule has 1 unspecified atom stereocenters. The number of halogens is 2. The normalized spacial score (nSPS) is 15.3. The van der Waals surface area contributed by atoms with Crippen molar-refractivity contribution in [2.24, 2.45) is 0 Å². The minimum absolute atomic E-state index is 0.132. The summed E-state index contributed by atoms with van der Waals surface area (Å²) in [7, 11) is 0. The van der Waals surface area contributed by atoms with Crippen LogP contribution in [0.2, 0.25) is 0 Å². The van der Waals surface area contributed by atoms with Crippen molar-refractivity contribution in [3.05, 3.63) is 77.0 Å². The molecule has 2 aromatic heterocycles. The van der Waals surface area contributed by atoms with Gasteiger partial charge >= 0.3 is 0 Å². The topological polar surface area (TPSA) is 58.1 Å². The zero-order valence-electron chi connectivity index (χ0n) is 20.2. The van der Waals surface area contributed by atoms with Gasteiger partial charge in [0.15, 0.2) is 0 Å². The van der Waals surface area contributed by atoms with Gasteiger partial charge in [0.05, 0.1) is 18.6 Å². The molecule has 1 aliphatic rings. The molecule has 0 aliphatic carbocycles. The Kier molecular flexibility index (Phi) is 6.39. The smallest absolute Gasteiger partial charge is 0.255 e. The maximum Gasteiger partial charge on any atom is 0.255 e. The predicted molar refractivity (Wildman–Crippen MR) is 130 cm³/mol. The summed E-state index contributed by atoms with van der Waals surface area (Å²) in [6.07, 6.45) is 3.28. The van der Waals surface area contributed by atoms with Gasteiger partial charge < -0.3 is 10.2 Å². The summed E-state index contributed by atoms with van der Waals surface area (Å²) < 4.78 is 28.3. The van der Waals surface area contributed by atoms with Gasteiger partial charge in [-0.15, -0.1) is 0 Å². The number of hydrogen-bond donors (Lipinski definition) is 1. The van der Waals surface area contributed by atoms with Crippen LogP contribution in [0, 0.1) is 5.82 Å². The van der Waals surface area contributed by atoms with Crippen molar-refractivity contribution in [3.63, 3.8) is 0 Å². The van der Waals surface area contributed by atoms with Crippen molar-refractivity contribution >= 4 is 11.7 Å². The molecular weight excluding hydrogens is 434 g/mol. The highest BCUT2D eigenvalue weighted by atomic mass is 19.1. The third-order valence-electron chi connectivity index (χ3n) is 6.32. The first kappa shape index (κ1) is 23.8. The molecule has 1 amide bonds. The number of hydrogen-bond acceptors (Lipinski definition) is 4. The molecule has 0 fully saturated rings. The van der Waals surface area contributed by atoms with E-state index in [4.69, 9.17) is 0 Å². The summed E-state index contributed by atoms with van der Waals surface area (Å²) in [6.45, 7) is 9.52. The maximum absolute atomic E-state index is 15.2. The molecule has 0 spiro atoms. The largest absolute Gasteiger partial charge is 0.363 e. The molecule has 1 N–H and O–H groups in total. The van der Waals surface area contributed by atoms with E-state index in [1.54, 1.807) is 31.5 Å². The summed E-state index contributed by atoms with van der Waals surface area (Å²) >= 11 is 0. The van der Waals surface area contributed by atoms with Gasteiger partial charge in [-0.3, -0.25) is 9.78 Å². The van der Waals surface area contributed by atoms with Crippen molar-refractivity contribution < 1.29 is 13.6 Å². The highest BCUT2D eigenvalue weighted by molar-refractivity contribution is 5.99. The second-order valence-corrected chi connectivity index (χ2v) is 9.91. The Morgan fingerprint density at radius 1 is 1.06 bits per heavy atom. The summed E-state index contributed by atoms with van der Waals surface area (Å²) in [6, 6.07) is 9.84. The van der Waals surface area contributed by atoms with E-state index in [2.05, 4.69) is 36.1 Å². The van der Waals surface area contributed by atoms with E-state index in [1.807, 2.05) is 25.1 Å². The van der Waals surface area contributed by atoms with Gasteiger partial charge in [-0.05, 0) is 49.2 Å². The van der Waals surface area contributed by atoms with Crippen molar-refractivity contribution in [2.75, 3.05) is 12.0 Å². The van der Waals surface area contributed by atoms with Gasteiger partial charge in [-0.25, -0.2) is 13.8 Å². The molecule has 178 valence electrons. The maximum atomic E-state index is 15.2. The van der Waals surface area contributed by atoms with E-state index >= 15 is 4.39 Å². The zero-order valence-corrected chi connectivity index (χ0v) is 20.2. The summed E-state index contributed by atoms with van der Waals surface area (Å²) in [5, 5.41) is 3.31. The Morgan fingerprint density at radius 3 is 2.47 bits per heavy atom. The number of aromatic nitrogens is 2. The van der Waals surface area contributed by atoms with Crippen LogP contribution in [0.3, 0.4) is 0 Å². The van der Waals surface area contributed by atoms with Gasteiger partial charge in [0, 0.05) is 40.2 Å². The van der Waals surface area contributed by atoms with Crippen LogP contribution < -0.4 is 5.32 Å². The monoisotopic (exact) mass is 464 g/mol. The van der Waals surface area contributed by atoms with Crippen molar-refractivity contribution in [1.82, 2.24) is 14.9 Å². The molecule has 2 atom stereocenters. The lowest BCUT2D eigenvalue weighted by atomic mass is 9.89. The summed E-state index contributed by atoms with van der Waals surface area (Å²) in [5.41, 5.74) is 4.09. The van der Waals surface area contributed by atoms with Crippen LogP contribution in [0.1, 0.15) is 67.8 Å². The first-order valence-corrected chi connectivity index (χ1v) is 11.5. The average Bonchev–Trinajstić information content (AvgIpc) is 3.15. The van der Waals surface area contributed by atoms with Crippen LogP contribution in [-0.2, 0) is 12.0 Å². The van der Waals surface area contributed by atoms with Crippen LogP contribution in [0.4, 0.5) is 14.6 Å². The molecule has 7 heteroatoms. The van der Waals surface area contributed by atoms with Crippen LogP contribution in [-0.4, -0.2) is 33.5 Å². The van der Waals surface area contributed by atoms with Gasteiger partial charge in [0.25, 0.3) is 5.91 Å². The number of anilines is 1. The van der Waals surface area contributed by atoms with Crippen molar-refractivity contribution in [2.45, 2.75) is 58.7 Å². The van der Waals surface area contributed by atoms with Crippen LogP contribution in [0.15, 0.2) is 48.8 Å². The Balaban J connectivity index is 1.57. The lowest BCUT2D eigenvalue weighted by Crippen LogP contribution is -2.34. The fourth-order valence-corrected chi connectivity index (χ4v) is 4.14. The summed E-state index contributed by atoms with van der Waals surface area (Å²) in [4.78, 5) is 23.0. The van der Waals surface area contributed by atoms with Gasteiger partial charge in [0.1, 0.15) is 18.3 Å². The third-order valence-corrected chi connectivity index (χ3v) is 6.32. The fraction of sp³-hybridized carbons (Fsp3) is 0.370. The van der Waals surface area contributed by atoms with E-state index in [1.165, 1.54) is 11.0 Å². The molecule has 0 saturated carbocycles. The molecule has 1 aromatic carbocycles. The Hall–Kier alpha value is -3.35. The van der Waals surface area contributed by atoms with Crippen molar-refractivity contribution in [3.8, 4) is 11.1 Å². The number of carbonyl (C=O) groups is 1. The second-order valence-electron chi connectivity index (χ2n) is 9.91. The standard InChI is InChI=1S/C27H30F2N4O/c1-16(14-28)33-15-22-21(26(33)34)9-11-31-25(22)32-17(2)18-6-7-20(23(29)12-18)19-8-10-30-24(13-19)27(3,4)5/h6-13,16-17H,14-15H2,1-5H3,(H,31,32)/t16?,17-/m0/s1. The Bertz CT molecular complexity index is 1220. The van der Waals surface area contributed by atoms with Crippen LogP contribution >= 0.6 is 0 Å². The van der Waals surface area contributed by atoms with Gasteiger partial charge in [-0.1, -0.05) is 32.9 Å². The molecule has 5 nitrogen and oxygen atoms in total. The summed E-state index contributed by atoms with van der Waals surface area (Å²) in [5.74, 6) is 0.0440. The number of rotatable bonds is 6. The van der Waals surface area contributed by atoms with Crippen LogP contribution in [0.25, 0.3) is 11.1 Å². The molecule has 3 heterocycles. The number of benzene rings is 1. The molecule has 0 saturated heterocycles. The second kappa shape index (κ2) is 9.12. The van der Waals surface area contributed by atoms with Crippen molar-refractivity contribution in [1.29, 1.82) is 0 Å². The predicted octanol–water partition coefficient (Wildman–Crippen LogP) is 6.07. The average molecular weight is 465 g/mol. The number of fused-ring (bicyclic) bond motifs is 1. The lowest BCUT2D eigenvalue weighted by Gasteiger charge is -2.21. The molecule has 3 aromatic rings. The van der Waals surface area contributed by atoms with Gasteiger partial charge in [0.2, 0.25) is 0 Å². The molecule has 0 radical (unpaired) electrons. The molecular formula is C27H30F2N4O. The molecule has 1 aliphatic heterocycles. The van der Waals surface area contributed by atoms with Crippen LogP contribution in [0.5, 0.6) is 0 Å². The molecule has 34 heavy (non-hydrogen) atoms. The first-order chi connectivity index (χ1) is 16.1. The molecule has 0 bridgehead atoms. The van der Waals surface area contributed by atoms with E-state index in [9.17, 15) is 9.18 Å². The number of nitrogens with one attached hydrogen (secondary N) is 1. The number of amides is 1. The number of alkyl halides is 1. The van der Waals surface area contributed by atoms with E-state index in [-0.39, 0.29) is 23.2 Å². The lowest BCUT2D eigenvalue weighted by molar-refractivity contribution is 0.0692. The quantitative estimate of drug-likeness (QED) is 0.481. The van der Waals surface area contributed by atoms with E-state index in [0.29, 0.717) is 23.5 Å². The minimum Gasteiger partial charge on any atom is -0.363 e. The number of nitrogens with zero attached hydrogens (tertiary/aromatic N) is 3. The SMILES string of the molecule is CC(CF)N1Cc2c(ccnc2N[C@@H](C)c2ccc(-c3ccnc(C(C)(C)C)c3)c(F)c2)C1=O. The fourth-order valence-electron chi connectivity index (χ4n) is 4.14. The van der Waals surface area contributed by atoms with E-state index in [0.717, 1.165) is 22.4 Å². The minimum atomic E-state index is -0.604. The molecule has 4 rings (SSSR count). The number of carbonyl (C=O) groups excluding carboxylic acids is 1. The number of pyridine rings is 2. The third kappa shape index (κ3) is 4.52. The van der Waals surface area contributed by atoms with E-state index < -0.39 is 12.7 Å². The highest BCUT2D eigenvalue weighted by Crippen LogP contribution is 2.33. The first-order valence-electron chi connectivity index (χ1n) is 11.5. The highest BCUT2D eigenvalue weighted by Gasteiger charge is 2.33. The Morgan fingerprint density at radius 2 is 1.79 bits per heavy atom. The Labute approximate surface area is 199 Å². The zero-order chi connectivity index (χ0) is 24.6.